The second kappa shape index (κ2) is 8.73. The smallest absolute Gasteiger partial charge is 0.260 e. The van der Waals surface area contributed by atoms with Gasteiger partial charge in [0.1, 0.15) is 5.75 Å². The summed E-state index contributed by atoms with van der Waals surface area (Å²) in [5, 5.41) is 11.8. The molecule has 1 N–H and O–H groups in total. The summed E-state index contributed by atoms with van der Waals surface area (Å²) in [6.45, 7) is 3.72. The summed E-state index contributed by atoms with van der Waals surface area (Å²) in [6, 6.07) is 19.1. The average Bonchev–Trinajstić information content (AvgIpc) is 2.61. The van der Waals surface area contributed by atoms with E-state index < -0.39 is 6.10 Å². The fraction of sp³-hybridized carbons (Fsp3) is 0.300. The van der Waals surface area contributed by atoms with Crippen LogP contribution in [0, 0.1) is 11.3 Å². The van der Waals surface area contributed by atoms with E-state index in [4.69, 9.17) is 10.00 Å². The highest BCUT2D eigenvalue weighted by Crippen LogP contribution is 2.13. The molecule has 4 heteroatoms. The molecule has 0 radical (unpaired) electrons. The van der Waals surface area contributed by atoms with Crippen LogP contribution in [0.3, 0.4) is 0 Å². The van der Waals surface area contributed by atoms with Gasteiger partial charge in [-0.1, -0.05) is 30.3 Å². The first-order valence-electron chi connectivity index (χ1n) is 8.09. The van der Waals surface area contributed by atoms with Gasteiger partial charge in [-0.3, -0.25) is 4.79 Å². The standard InChI is InChI=1S/C20H22N2O2/c1-15(8-9-17-6-4-3-5-7-17)22-20(23)16(2)24-19-12-10-18(14-21)11-13-19/h3-7,10-13,15-16H,8-9H2,1-2H3,(H,22,23)/t15-,16-/m1/s1. The van der Waals surface area contributed by atoms with E-state index in [0.29, 0.717) is 11.3 Å². The summed E-state index contributed by atoms with van der Waals surface area (Å²) in [4.78, 5) is 12.2. The van der Waals surface area contributed by atoms with Crippen LogP contribution in [0.4, 0.5) is 0 Å². The van der Waals surface area contributed by atoms with E-state index in [-0.39, 0.29) is 11.9 Å². The zero-order valence-electron chi connectivity index (χ0n) is 14.0. The van der Waals surface area contributed by atoms with E-state index in [0.717, 1.165) is 12.8 Å². The normalized spacial score (nSPS) is 12.7. The van der Waals surface area contributed by atoms with Crippen LogP contribution in [0.2, 0.25) is 0 Å². The van der Waals surface area contributed by atoms with Crippen LogP contribution >= 0.6 is 0 Å². The third kappa shape index (κ3) is 5.44. The van der Waals surface area contributed by atoms with Gasteiger partial charge in [-0.2, -0.15) is 5.26 Å². The van der Waals surface area contributed by atoms with Gasteiger partial charge in [-0.05, 0) is 56.5 Å². The van der Waals surface area contributed by atoms with Gasteiger partial charge in [0.05, 0.1) is 11.6 Å². The predicted molar refractivity (Wildman–Crippen MR) is 93.6 cm³/mol. The molecule has 0 unspecified atom stereocenters. The highest BCUT2D eigenvalue weighted by atomic mass is 16.5. The molecule has 0 aliphatic rings. The minimum Gasteiger partial charge on any atom is -0.481 e. The van der Waals surface area contributed by atoms with Crippen LogP contribution < -0.4 is 10.1 Å². The topological polar surface area (TPSA) is 62.1 Å². The van der Waals surface area contributed by atoms with Crippen molar-refractivity contribution in [1.29, 1.82) is 5.26 Å². The molecule has 2 atom stereocenters. The first-order chi connectivity index (χ1) is 11.6. The molecule has 0 heterocycles. The van der Waals surface area contributed by atoms with Gasteiger partial charge >= 0.3 is 0 Å². The fourth-order valence-corrected chi connectivity index (χ4v) is 2.33. The second-order valence-corrected chi connectivity index (χ2v) is 5.83. The summed E-state index contributed by atoms with van der Waals surface area (Å²) >= 11 is 0. The molecule has 0 aliphatic heterocycles. The molecule has 0 saturated heterocycles. The monoisotopic (exact) mass is 322 g/mol. The van der Waals surface area contributed by atoms with E-state index in [1.165, 1.54) is 5.56 Å². The summed E-state index contributed by atoms with van der Waals surface area (Å²) in [6.07, 6.45) is 1.21. The number of hydrogen-bond donors (Lipinski definition) is 1. The van der Waals surface area contributed by atoms with Crippen molar-refractivity contribution in [2.24, 2.45) is 0 Å². The fourth-order valence-electron chi connectivity index (χ4n) is 2.33. The minimum absolute atomic E-state index is 0.0738. The first kappa shape index (κ1) is 17.6. The number of aryl methyl sites for hydroxylation is 1. The maximum atomic E-state index is 12.2. The van der Waals surface area contributed by atoms with E-state index in [1.54, 1.807) is 31.2 Å². The largest absolute Gasteiger partial charge is 0.481 e. The Kier molecular flexibility index (Phi) is 6.39. The van der Waals surface area contributed by atoms with Gasteiger partial charge in [-0.15, -0.1) is 0 Å². The Balaban J connectivity index is 1.78. The Morgan fingerprint density at radius 2 is 1.79 bits per heavy atom. The lowest BCUT2D eigenvalue weighted by Crippen LogP contribution is -2.41. The summed E-state index contributed by atoms with van der Waals surface area (Å²) in [7, 11) is 0. The van der Waals surface area contributed by atoms with Crippen molar-refractivity contribution in [1.82, 2.24) is 5.32 Å². The quantitative estimate of drug-likeness (QED) is 0.849. The van der Waals surface area contributed by atoms with Gasteiger partial charge < -0.3 is 10.1 Å². The molecule has 0 aliphatic carbocycles. The number of benzene rings is 2. The summed E-state index contributed by atoms with van der Waals surface area (Å²) < 4.78 is 5.62. The Labute approximate surface area is 143 Å². The van der Waals surface area contributed by atoms with Gasteiger partial charge in [0.2, 0.25) is 0 Å². The maximum Gasteiger partial charge on any atom is 0.260 e. The van der Waals surface area contributed by atoms with Crippen molar-refractivity contribution in [3.05, 3.63) is 65.7 Å². The zero-order valence-corrected chi connectivity index (χ0v) is 14.0. The van der Waals surface area contributed by atoms with Crippen LogP contribution in [0.1, 0.15) is 31.4 Å². The SMILES string of the molecule is C[C@H](CCc1ccccc1)NC(=O)[C@@H](C)Oc1ccc(C#N)cc1. The zero-order chi connectivity index (χ0) is 17.4. The molecule has 0 bridgehead atoms. The van der Waals surface area contributed by atoms with Crippen molar-refractivity contribution in [3.8, 4) is 11.8 Å². The number of amides is 1. The Morgan fingerprint density at radius 1 is 1.12 bits per heavy atom. The molecule has 2 aromatic carbocycles. The molecule has 24 heavy (non-hydrogen) atoms. The number of ether oxygens (including phenoxy) is 1. The van der Waals surface area contributed by atoms with Crippen LogP contribution in [0.5, 0.6) is 5.75 Å². The lowest BCUT2D eigenvalue weighted by atomic mass is 10.1. The van der Waals surface area contributed by atoms with Crippen molar-refractivity contribution < 1.29 is 9.53 Å². The van der Waals surface area contributed by atoms with E-state index in [1.807, 2.05) is 31.2 Å². The minimum atomic E-state index is -0.586. The molecule has 4 nitrogen and oxygen atoms in total. The predicted octanol–water partition coefficient (Wildman–Crippen LogP) is 3.46. The molecule has 0 fully saturated rings. The number of nitrogens with one attached hydrogen (secondary N) is 1. The Bertz CT molecular complexity index is 690. The molecule has 2 aromatic rings. The van der Waals surface area contributed by atoms with E-state index in [9.17, 15) is 4.79 Å². The van der Waals surface area contributed by atoms with Crippen molar-refractivity contribution >= 4 is 5.91 Å². The first-order valence-corrected chi connectivity index (χ1v) is 8.09. The highest BCUT2D eigenvalue weighted by molar-refractivity contribution is 5.80. The number of nitriles is 1. The highest BCUT2D eigenvalue weighted by Gasteiger charge is 2.16. The number of hydrogen-bond acceptors (Lipinski definition) is 3. The molecule has 0 saturated carbocycles. The van der Waals surface area contributed by atoms with Crippen LogP contribution in [-0.2, 0) is 11.2 Å². The summed E-state index contributed by atoms with van der Waals surface area (Å²) in [5.41, 5.74) is 1.83. The molecule has 124 valence electrons. The molecular weight excluding hydrogens is 300 g/mol. The lowest BCUT2D eigenvalue weighted by molar-refractivity contribution is -0.127. The van der Waals surface area contributed by atoms with Crippen molar-refractivity contribution in [3.63, 3.8) is 0 Å². The van der Waals surface area contributed by atoms with Gasteiger partial charge in [0.15, 0.2) is 6.10 Å². The van der Waals surface area contributed by atoms with Gasteiger partial charge in [0.25, 0.3) is 5.91 Å². The van der Waals surface area contributed by atoms with Gasteiger partial charge in [-0.25, -0.2) is 0 Å². The Hall–Kier alpha value is -2.80. The summed E-state index contributed by atoms with van der Waals surface area (Å²) in [5.74, 6) is 0.438. The number of carbonyl (C=O) groups is 1. The van der Waals surface area contributed by atoms with E-state index in [2.05, 4.69) is 17.4 Å². The Morgan fingerprint density at radius 3 is 2.42 bits per heavy atom. The van der Waals surface area contributed by atoms with Gasteiger partial charge in [0, 0.05) is 6.04 Å². The number of carbonyl (C=O) groups excluding carboxylic acids is 1. The van der Waals surface area contributed by atoms with Crippen LogP contribution in [-0.4, -0.2) is 18.1 Å². The molecule has 0 spiro atoms. The maximum absolute atomic E-state index is 12.2. The van der Waals surface area contributed by atoms with Crippen molar-refractivity contribution in [2.75, 3.05) is 0 Å². The third-order valence-corrected chi connectivity index (χ3v) is 3.76. The van der Waals surface area contributed by atoms with Crippen LogP contribution in [0.25, 0.3) is 0 Å². The number of nitrogens with zero attached hydrogens (tertiary/aromatic N) is 1. The molecule has 2 rings (SSSR count). The number of rotatable bonds is 7. The molecule has 0 aromatic heterocycles. The molecular formula is C20H22N2O2. The van der Waals surface area contributed by atoms with Crippen molar-refractivity contribution in [2.45, 2.75) is 38.8 Å². The van der Waals surface area contributed by atoms with Crippen LogP contribution in [0.15, 0.2) is 54.6 Å². The average molecular weight is 322 g/mol. The van der Waals surface area contributed by atoms with E-state index >= 15 is 0 Å². The second-order valence-electron chi connectivity index (χ2n) is 5.83. The third-order valence-electron chi connectivity index (χ3n) is 3.76. The molecule has 1 amide bonds. The lowest BCUT2D eigenvalue weighted by Gasteiger charge is -2.18.